The summed E-state index contributed by atoms with van der Waals surface area (Å²) >= 11 is 1.61. The molecule has 1 aliphatic carbocycles. The predicted molar refractivity (Wildman–Crippen MR) is 103 cm³/mol. The molecule has 1 saturated carbocycles. The van der Waals surface area contributed by atoms with Crippen molar-refractivity contribution in [1.29, 1.82) is 0 Å². The minimum atomic E-state index is -0.0424. The minimum absolute atomic E-state index is 0.0424. The molecule has 26 heavy (non-hydrogen) atoms. The Bertz CT molecular complexity index is 987. The van der Waals surface area contributed by atoms with Gasteiger partial charge in [0.25, 0.3) is 5.56 Å². The molecule has 7 heteroatoms. The first-order valence-electron chi connectivity index (χ1n) is 9.15. The summed E-state index contributed by atoms with van der Waals surface area (Å²) in [5, 5.41) is 9.59. The molecular weight excluding hydrogens is 346 g/mol. The number of fused-ring (bicyclic) bond motifs is 1. The number of hydrogen-bond acceptors (Lipinski definition) is 5. The SMILES string of the molecule is Cc1ccc2nc(CSc3nnc(C)n3C3CCCCC3)cc(=O)n2c1. The number of aryl methyl sites for hydroxylation is 2. The molecule has 0 aliphatic heterocycles. The lowest BCUT2D eigenvalue weighted by Gasteiger charge is -2.24. The van der Waals surface area contributed by atoms with Crippen molar-refractivity contribution in [3.05, 3.63) is 51.8 Å². The molecule has 0 spiro atoms. The Morgan fingerprint density at radius 3 is 2.77 bits per heavy atom. The average molecular weight is 369 g/mol. The fraction of sp³-hybridized carbons (Fsp3) is 0.474. The van der Waals surface area contributed by atoms with Gasteiger partial charge in [0.1, 0.15) is 11.5 Å². The van der Waals surface area contributed by atoms with Crippen LogP contribution in [0.1, 0.15) is 55.2 Å². The molecule has 0 saturated heterocycles. The second kappa shape index (κ2) is 7.23. The van der Waals surface area contributed by atoms with E-state index in [1.807, 2.05) is 32.2 Å². The maximum Gasteiger partial charge on any atom is 0.258 e. The third-order valence-electron chi connectivity index (χ3n) is 4.98. The van der Waals surface area contributed by atoms with E-state index in [2.05, 4.69) is 19.7 Å². The van der Waals surface area contributed by atoms with Crippen molar-refractivity contribution in [3.8, 4) is 0 Å². The molecule has 0 N–H and O–H groups in total. The highest BCUT2D eigenvalue weighted by atomic mass is 32.2. The van der Waals surface area contributed by atoms with Crippen LogP contribution in [-0.2, 0) is 5.75 Å². The summed E-state index contributed by atoms with van der Waals surface area (Å²) in [6.07, 6.45) is 8.08. The Kier molecular flexibility index (Phi) is 4.80. The second-order valence-electron chi connectivity index (χ2n) is 7.00. The second-order valence-corrected chi connectivity index (χ2v) is 7.94. The Hall–Kier alpha value is -2.15. The van der Waals surface area contributed by atoms with Crippen LogP contribution in [0.3, 0.4) is 0 Å². The lowest BCUT2D eigenvalue weighted by Crippen LogP contribution is -2.16. The van der Waals surface area contributed by atoms with Gasteiger partial charge in [-0.25, -0.2) is 4.98 Å². The average Bonchev–Trinajstić information content (AvgIpc) is 3.02. The molecule has 0 atom stereocenters. The van der Waals surface area contributed by atoms with Crippen molar-refractivity contribution in [3.63, 3.8) is 0 Å². The van der Waals surface area contributed by atoms with Gasteiger partial charge in [0.2, 0.25) is 0 Å². The fourth-order valence-electron chi connectivity index (χ4n) is 3.68. The van der Waals surface area contributed by atoms with Gasteiger partial charge in [-0.05, 0) is 38.3 Å². The van der Waals surface area contributed by atoms with E-state index in [0.29, 0.717) is 17.4 Å². The summed E-state index contributed by atoms with van der Waals surface area (Å²) in [6.45, 7) is 3.99. The van der Waals surface area contributed by atoms with Gasteiger partial charge in [-0.15, -0.1) is 10.2 Å². The molecule has 4 rings (SSSR count). The van der Waals surface area contributed by atoms with E-state index < -0.39 is 0 Å². The van der Waals surface area contributed by atoms with Crippen LogP contribution in [0.5, 0.6) is 0 Å². The van der Waals surface area contributed by atoms with E-state index in [9.17, 15) is 4.79 Å². The molecule has 0 unspecified atom stereocenters. The zero-order valence-electron chi connectivity index (χ0n) is 15.2. The molecule has 0 aromatic carbocycles. The lowest BCUT2D eigenvalue weighted by molar-refractivity contribution is 0.332. The number of thioether (sulfide) groups is 1. The van der Waals surface area contributed by atoms with Crippen LogP contribution < -0.4 is 5.56 Å². The first-order chi connectivity index (χ1) is 12.6. The van der Waals surface area contributed by atoms with Gasteiger partial charge < -0.3 is 4.57 Å². The molecule has 3 aromatic rings. The Morgan fingerprint density at radius 2 is 1.96 bits per heavy atom. The van der Waals surface area contributed by atoms with Crippen molar-refractivity contribution in [1.82, 2.24) is 24.1 Å². The van der Waals surface area contributed by atoms with Gasteiger partial charge in [-0.1, -0.05) is 37.1 Å². The van der Waals surface area contributed by atoms with E-state index in [1.165, 1.54) is 32.1 Å². The zero-order chi connectivity index (χ0) is 18.1. The molecule has 136 valence electrons. The Morgan fingerprint density at radius 1 is 1.15 bits per heavy atom. The van der Waals surface area contributed by atoms with Crippen LogP contribution in [0.4, 0.5) is 0 Å². The molecule has 1 aliphatic rings. The number of rotatable bonds is 4. The van der Waals surface area contributed by atoms with E-state index in [1.54, 1.807) is 22.2 Å². The summed E-state index contributed by atoms with van der Waals surface area (Å²) in [7, 11) is 0. The molecule has 1 fully saturated rings. The van der Waals surface area contributed by atoms with Gasteiger partial charge in [0.15, 0.2) is 5.16 Å². The third kappa shape index (κ3) is 3.40. The van der Waals surface area contributed by atoms with E-state index >= 15 is 0 Å². The molecule has 0 bridgehead atoms. The Balaban J connectivity index is 1.57. The first-order valence-corrected chi connectivity index (χ1v) is 10.1. The zero-order valence-corrected chi connectivity index (χ0v) is 16.0. The maximum absolute atomic E-state index is 12.4. The molecule has 6 nitrogen and oxygen atoms in total. The molecule has 3 aromatic heterocycles. The van der Waals surface area contributed by atoms with E-state index in [4.69, 9.17) is 0 Å². The quantitative estimate of drug-likeness (QED) is 0.656. The number of aromatic nitrogens is 5. The van der Waals surface area contributed by atoms with Crippen LogP contribution in [0.15, 0.2) is 34.3 Å². The minimum Gasteiger partial charge on any atom is -0.303 e. The van der Waals surface area contributed by atoms with E-state index in [-0.39, 0.29) is 5.56 Å². The number of nitrogens with zero attached hydrogens (tertiary/aromatic N) is 5. The smallest absolute Gasteiger partial charge is 0.258 e. The normalized spacial score (nSPS) is 15.6. The summed E-state index contributed by atoms with van der Waals surface area (Å²) in [5.41, 5.74) is 2.46. The van der Waals surface area contributed by atoms with Crippen LogP contribution >= 0.6 is 11.8 Å². The molecule has 3 heterocycles. The summed E-state index contributed by atoms with van der Waals surface area (Å²) in [4.78, 5) is 17.0. The van der Waals surface area contributed by atoms with Crippen molar-refractivity contribution in [2.75, 3.05) is 0 Å². The van der Waals surface area contributed by atoms with Gasteiger partial charge in [0, 0.05) is 24.1 Å². The van der Waals surface area contributed by atoms with Crippen LogP contribution in [0, 0.1) is 13.8 Å². The lowest BCUT2D eigenvalue weighted by atomic mass is 9.95. The highest BCUT2D eigenvalue weighted by Gasteiger charge is 2.21. The van der Waals surface area contributed by atoms with Crippen LogP contribution in [0.2, 0.25) is 0 Å². The number of hydrogen-bond donors (Lipinski definition) is 0. The Labute approximate surface area is 156 Å². The molecule has 0 radical (unpaired) electrons. The summed E-state index contributed by atoms with van der Waals surface area (Å²) in [5.74, 6) is 1.59. The molecule has 0 amide bonds. The monoisotopic (exact) mass is 369 g/mol. The fourth-order valence-corrected chi connectivity index (χ4v) is 4.62. The number of pyridine rings is 1. The summed E-state index contributed by atoms with van der Waals surface area (Å²) in [6, 6.07) is 5.98. The third-order valence-corrected chi connectivity index (χ3v) is 5.96. The van der Waals surface area contributed by atoms with Crippen molar-refractivity contribution in [2.24, 2.45) is 0 Å². The topological polar surface area (TPSA) is 65.1 Å². The maximum atomic E-state index is 12.4. The van der Waals surface area contributed by atoms with E-state index in [0.717, 1.165) is 22.2 Å². The largest absolute Gasteiger partial charge is 0.303 e. The standard InChI is InChI=1S/C19H23N5OS/c1-13-8-9-17-20-15(10-18(25)23(17)11-13)12-26-19-22-21-14(2)24(19)16-6-4-3-5-7-16/h8-11,16H,3-7,12H2,1-2H3. The predicted octanol–water partition coefficient (Wildman–Crippen LogP) is 3.70. The highest BCUT2D eigenvalue weighted by Crippen LogP contribution is 2.33. The van der Waals surface area contributed by atoms with Crippen LogP contribution in [0.25, 0.3) is 5.65 Å². The van der Waals surface area contributed by atoms with Crippen molar-refractivity contribution in [2.45, 2.75) is 62.9 Å². The summed E-state index contributed by atoms with van der Waals surface area (Å²) < 4.78 is 3.87. The molecular formula is C19H23N5OS. The van der Waals surface area contributed by atoms with Crippen molar-refractivity contribution >= 4 is 17.4 Å². The first kappa shape index (κ1) is 17.3. The van der Waals surface area contributed by atoms with Gasteiger partial charge >= 0.3 is 0 Å². The van der Waals surface area contributed by atoms with Gasteiger partial charge in [-0.3, -0.25) is 9.20 Å². The van der Waals surface area contributed by atoms with Crippen molar-refractivity contribution < 1.29 is 0 Å². The van der Waals surface area contributed by atoms with Crippen LogP contribution in [-0.4, -0.2) is 24.1 Å². The van der Waals surface area contributed by atoms with Gasteiger partial charge in [0.05, 0.1) is 5.69 Å². The highest BCUT2D eigenvalue weighted by molar-refractivity contribution is 7.98. The van der Waals surface area contributed by atoms with Gasteiger partial charge in [-0.2, -0.15) is 0 Å².